The van der Waals surface area contributed by atoms with Gasteiger partial charge in [-0.1, -0.05) is 33.6 Å². The Kier molecular flexibility index (Phi) is 9.14. The lowest BCUT2D eigenvalue weighted by Crippen LogP contribution is -2.20. The van der Waals surface area contributed by atoms with Gasteiger partial charge < -0.3 is 10.5 Å². The number of carbonyl (C=O) groups excluding carboxylic acids is 1. The fourth-order valence-corrected chi connectivity index (χ4v) is 1.80. The third kappa shape index (κ3) is 8.19. The molecule has 0 aliphatic carbocycles. The summed E-state index contributed by atoms with van der Waals surface area (Å²) in [6.45, 7) is 8.95. The van der Waals surface area contributed by atoms with Gasteiger partial charge >= 0.3 is 5.97 Å². The molecule has 3 nitrogen and oxygen atoms in total. The summed E-state index contributed by atoms with van der Waals surface area (Å²) in [5.74, 6) is 0.894. The van der Waals surface area contributed by atoms with Crippen LogP contribution in [0.3, 0.4) is 0 Å². The molecule has 0 aromatic heterocycles. The Morgan fingerprint density at radius 2 is 1.82 bits per heavy atom. The third-order valence-electron chi connectivity index (χ3n) is 3.28. The van der Waals surface area contributed by atoms with Crippen LogP contribution in [0.5, 0.6) is 0 Å². The van der Waals surface area contributed by atoms with Gasteiger partial charge in [-0.2, -0.15) is 0 Å². The predicted molar refractivity (Wildman–Crippen MR) is 71.7 cm³/mol. The highest BCUT2D eigenvalue weighted by atomic mass is 16.5. The zero-order chi connectivity index (χ0) is 13.3. The number of carbonyl (C=O) groups is 1. The molecule has 0 aromatic carbocycles. The molecule has 0 fully saturated rings. The Morgan fingerprint density at radius 1 is 1.18 bits per heavy atom. The van der Waals surface area contributed by atoms with Crippen LogP contribution in [0.1, 0.15) is 59.8 Å². The zero-order valence-electron chi connectivity index (χ0n) is 11.9. The quantitative estimate of drug-likeness (QED) is 0.633. The van der Waals surface area contributed by atoms with Gasteiger partial charge in [0.05, 0.1) is 0 Å². The van der Waals surface area contributed by atoms with E-state index in [1.54, 1.807) is 0 Å². The Balaban J connectivity index is 3.87. The first kappa shape index (κ1) is 16.4. The number of nitrogens with two attached hydrogens (primary N) is 1. The number of hydrogen-bond donors (Lipinski definition) is 1. The van der Waals surface area contributed by atoms with Gasteiger partial charge in [-0.05, 0) is 38.1 Å². The van der Waals surface area contributed by atoms with Crippen molar-refractivity contribution in [2.24, 2.45) is 17.6 Å². The first-order valence-electron chi connectivity index (χ1n) is 6.90. The Morgan fingerprint density at radius 3 is 2.29 bits per heavy atom. The normalized spacial score (nSPS) is 14.7. The van der Waals surface area contributed by atoms with Crippen molar-refractivity contribution >= 4 is 5.97 Å². The van der Waals surface area contributed by atoms with E-state index in [2.05, 4.69) is 20.8 Å². The minimum atomic E-state index is -0.0654. The Bertz CT molecular complexity index is 198. The summed E-state index contributed by atoms with van der Waals surface area (Å²) >= 11 is 0. The molecule has 2 unspecified atom stereocenters. The van der Waals surface area contributed by atoms with Crippen LogP contribution in [-0.4, -0.2) is 18.6 Å². The van der Waals surface area contributed by atoms with E-state index in [9.17, 15) is 4.79 Å². The molecule has 0 radical (unpaired) electrons. The SMILES string of the molecule is CCCC(CCN)CCC(=O)OC(C)C(C)C. The molecule has 0 spiro atoms. The van der Waals surface area contributed by atoms with Crippen LogP contribution in [0.25, 0.3) is 0 Å². The standard InChI is InChI=1S/C14H29NO2/c1-5-6-13(9-10-15)7-8-14(16)17-12(4)11(2)3/h11-13H,5-10,15H2,1-4H3. The van der Waals surface area contributed by atoms with Gasteiger partial charge in [0.2, 0.25) is 0 Å². The van der Waals surface area contributed by atoms with Crippen LogP contribution in [0.4, 0.5) is 0 Å². The number of rotatable bonds is 9. The second-order valence-corrected chi connectivity index (χ2v) is 5.21. The first-order chi connectivity index (χ1) is 8.01. The van der Waals surface area contributed by atoms with E-state index >= 15 is 0 Å². The van der Waals surface area contributed by atoms with E-state index in [0.29, 0.717) is 24.8 Å². The molecule has 0 saturated carbocycles. The van der Waals surface area contributed by atoms with E-state index in [0.717, 1.165) is 25.7 Å². The maximum atomic E-state index is 11.6. The second-order valence-electron chi connectivity index (χ2n) is 5.21. The molecule has 0 aliphatic rings. The van der Waals surface area contributed by atoms with Crippen molar-refractivity contribution in [3.8, 4) is 0 Å². The number of ether oxygens (including phenoxy) is 1. The summed E-state index contributed by atoms with van der Waals surface area (Å²) in [5, 5.41) is 0. The van der Waals surface area contributed by atoms with E-state index in [4.69, 9.17) is 10.5 Å². The summed E-state index contributed by atoms with van der Waals surface area (Å²) in [6.07, 6.45) is 4.78. The zero-order valence-corrected chi connectivity index (χ0v) is 11.9. The average molecular weight is 243 g/mol. The molecule has 0 bridgehead atoms. The van der Waals surface area contributed by atoms with Gasteiger partial charge in [0.15, 0.2) is 0 Å². The topological polar surface area (TPSA) is 52.3 Å². The van der Waals surface area contributed by atoms with E-state index in [-0.39, 0.29) is 12.1 Å². The Labute approximate surface area is 106 Å². The van der Waals surface area contributed by atoms with Crippen molar-refractivity contribution < 1.29 is 9.53 Å². The lowest BCUT2D eigenvalue weighted by molar-refractivity contribution is -0.150. The molecule has 3 heteroatoms. The fraction of sp³-hybridized carbons (Fsp3) is 0.929. The van der Waals surface area contributed by atoms with Crippen molar-refractivity contribution in [2.75, 3.05) is 6.54 Å². The Hall–Kier alpha value is -0.570. The smallest absolute Gasteiger partial charge is 0.306 e. The van der Waals surface area contributed by atoms with Crippen LogP contribution < -0.4 is 5.73 Å². The van der Waals surface area contributed by atoms with Crippen molar-refractivity contribution in [3.63, 3.8) is 0 Å². The highest BCUT2D eigenvalue weighted by Gasteiger charge is 2.15. The molecule has 2 N–H and O–H groups in total. The lowest BCUT2D eigenvalue weighted by Gasteiger charge is -2.18. The molecule has 2 atom stereocenters. The van der Waals surface area contributed by atoms with Crippen molar-refractivity contribution in [1.29, 1.82) is 0 Å². The molecule has 17 heavy (non-hydrogen) atoms. The fourth-order valence-electron chi connectivity index (χ4n) is 1.80. The largest absolute Gasteiger partial charge is 0.462 e. The monoisotopic (exact) mass is 243 g/mol. The number of hydrogen-bond acceptors (Lipinski definition) is 3. The van der Waals surface area contributed by atoms with Gasteiger partial charge in [0.25, 0.3) is 0 Å². The highest BCUT2D eigenvalue weighted by molar-refractivity contribution is 5.69. The minimum absolute atomic E-state index is 0.0154. The molecule has 0 aliphatic heterocycles. The first-order valence-corrected chi connectivity index (χ1v) is 6.90. The summed E-state index contributed by atoms with van der Waals surface area (Å²) in [4.78, 5) is 11.6. The molecule has 0 amide bonds. The predicted octanol–water partition coefficient (Wildman–Crippen LogP) is 3.12. The molecule has 0 saturated heterocycles. The summed E-state index contributed by atoms with van der Waals surface area (Å²) < 4.78 is 5.35. The maximum Gasteiger partial charge on any atom is 0.306 e. The van der Waals surface area contributed by atoms with Crippen LogP contribution in [0.15, 0.2) is 0 Å². The molecule has 0 rings (SSSR count). The van der Waals surface area contributed by atoms with E-state index in [1.807, 2.05) is 6.92 Å². The average Bonchev–Trinajstić information content (AvgIpc) is 2.26. The van der Waals surface area contributed by atoms with Crippen molar-refractivity contribution in [3.05, 3.63) is 0 Å². The summed E-state index contributed by atoms with van der Waals surface area (Å²) in [6, 6.07) is 0. The van der Waals surface area contributed by atoms with Crippen molar-refractivity contribution in [2.45, 2.75) is 65.9 Å². The molecular weight excluding hydrogens is 214 g/mol. The summed E-state index contributed by atoms with van der Waals surface area (Å²) in [5.41, 5.74) is 5.57. The lowest BCUT2D eigenvalue weighted by atomic mass is 9.94. The van der Waals surface area contributed by atoms with E-state index < -0.39 is 0 Å². The summed E-state index contributed by atoms with van der Waals surface area (Å²) in [7, 11) is 0. The molecule has 102 valence electrons. The second kappa shape index (κ2) is 9.46. The molecule has 0 heterocycles. The van der Waals surface area contributed by atoms with Gasteiger partial charge in [-0.3, -0.25) is 4.79 Å². The van der Waals surface area contributed by atoms with Crippen LogP contribution in [-0.2, 0) is 9.53 Å². The highest BCUT2D eigenvalue weighted by Crippen LogP contribution is 2.18. The maximum absolute atomic E-state index is 11.6. The third-order valence-corrected chi connectivity index (χ3v) is 3.28. The van der Waals surface area contributed by atoms with Gasteiger partial charge in [0.1, 0.15) is 6.10 Å². The minimum Gasteiger partial charge on any atom is -0.462 e. The number of esters is 1. The molecule has 0 aromatic rings. The van der Waals surface area contributed by atoms with Gasteiger partial charge in [-0.15, -0.1) is 0 Å². The van der Waals surface area contributed by atoms with Gasteiger partial charge in [-0.25, -0.2) is 0 Å². The van der Waals surface area contributed by atoms with Crippen LogP contribution in [0, 0.1) is 11.8 Å². The van der Waals surface area contributed by atoms with E-state index in [1.165, 1.54) is 0 Å². The van der Waals surface area contributed by atoms with Gasteiger partial charge in [0, 0.05) is 6.42 Å². The van der Waals surface area contributed by atoms with Crippen LogP contribution in [0.2, 0.25) is 0 Å². The van der Waals surface area contributed by atoms with Crippen molar-refractivity contribution in [1.82, 2.24) is 0 Å². The molecular formula is C14H29NO2. The van der Waals surface area contributed by atoms with Crippen LogP contribution >= 0.6 is 0 Å².